The molecule has 0 heterocycles. The number of rotatable bonds is 7. The molecule has 0 saturated carbocycles. The first-order chi connectivity index (χ1) is 8.63. The van der Waals surface area contributed by atoms with Crippen LogP contribution in [0.2, 0.25) is 0 Å². The molecule has 2 atom stereocenters. The highest BCUT2D eigenvalue weighted by Crippen LogP contribution is 2.22. The van der Waals surface area contributed by atoms with Crippen LogP contribution in [0.3, 0.4) is 0 Å². The highest BCUT2D eigenvalue weighted by atomic mass is 16.5. The second-order valence-corrected chi connectivity index (χ2v) is 4.76. The van der Waals surface area contributed by atoms with Crippen LogP contribution < -0.4 is 10.1 Å². The highest BCUT2D eigenvalue weighted by Gasteiger charge is 2.20. The summed E-state index contributed by atoms with van der Waals surface area (Å²) < 4.78 is 5.20. The fourth-order valence-corrected chi connectivity index (χ4v) is 2.31. The molecule has 0 aromatic heterocycles. The van der Waals surface area contributed by atoms with E-state index in [1.54, 1.807) is 7.11 Å². The van der Waals surface area contributed by atoms with Crippen LogP contribution in [0.15, 0.2) is 24.3 Å². The zero-order valence-electron chi connectivity index (χ0n) is 12.2. The summed E-state index contributed by atoms with van der Waals surface area (Å²) in [4.78, 5) is 2.39. The summed E-state index contributed by atoms with van der Waals surface area (Å²) in [6.45, 7) is 5.60. The van der Waals surface area contributed by atoms with Crippen LogP contribution in [0, 0.1) is 0 Å². The molecule has 1 aromatic carbocycles. The van der Waals surface area contributed by atoms with Gasteiger partial charge in [0.05, 0.1) is 7.11 Å². The molecule has 3 heteroatoms. The van der Waals surface area contributed by atoms with Crippen molar-refractivity contribution in [3.05, 3.63) is 29.8 Å². The lowest BCUT2D eigenvalue weighted by Crippen LogP contribution is -2.40. The molecule has 1 rings (SSSR count). The molecule has 1 aromatic rings. The van der Waals surface area contributed by atoms with E-state index in [0.29, 0.717) is 12.1 Å². The average Bonchev–Trinajstić information content (AvgIpc) is 2.40. The number of nitrogens with zero attached hydrogens (tertiary/aromatic N) is 1. The van der Waals surface area contributed by atoms with Crippen molar-refractivity contribution in [1.29, 1.82) is 0 Å². The molecule has 102 valence electrons. The van der Waals surface area contributed by atoms with Crippen LogP contribution in [-0.4, -0.2) is 38.7 Å². The van der Waals surface area contributed by atoms with Crippen molar-refractivity contribution >= 4 is 0 Å². The Hall–Kier alpha value is -1.06. The molecule has 1 N–H and O–H groups in total. The van der Waals surface area contributed by atoms with Gasteiger partial charge in [-0.05, 0) is 51.7 Å². The third-order valence-electron chi connectivity index (χ3n) is 3.54. The molecule has 0 aliphatic heterocycles. The average molecular weight is 250 g/mol. The van der Waals surface area contributed by atoms with Crippen LogP contribution in [-0.2, 0) is 0 Å². The Morgan fingerprint density at radius 1 is 1.28 bits per heavy atom. The standard InChI is InChI=1S/C15H26N2O/c1-6-11-17(4)12(2)15(16-3)13-7-9-14(18-5)10-8-13/h7-10,12,15-16H,6,11H2,1-5H3. The van der Waals surface area contributed by atoms with Gasteiger partial charge in [0.25, 0.3) is 0 Å². The Balaban J connectivity index is 2.80. The van der Waals surface area contributed by atoms with E-state index in [1.807, 2.05) is 19.2 Å². The SMILES string of the molecule is CCCN(C)C(C)C(NC)c1ccc(OC)cc1. The number of hydrogen-bond acceptors (Lipinski definition) is 3. The van der Waals surface area contributed by atoms with Crippen LogP contribution >= 0.6 is 0 Å². The molecule has 18 heavy (non-hydrogen) atoms. The van der Waals surface area contributed by atoms with Gasteiger partial charge < -0.3 is 15.0 Å². The minimum Gasteiger partial charge on any atom is -0.497 e. The van der Waals surface area contributed by atoms with E-state index in [-0.39, 0.29) is 0 Å². The largest absolute Gasteiger partial charge is 0.497 e. The van der Waals surface area contributed by atoms with Gasteiger partial charge in [-0.2, -0.15) is 0 Å². The van der Waals surface area contributed by atoms with Gasteiger partial charge in [0.1, 0.15) is 5.75 Å². The number of likely N-dealkylation sites (N-methyl/N-ethyl adjacent to an activating group) is 2. The number of benzene rings is 1. The maximum absolute atomic E-state index is 5.20. The van der Waals surface area contributed by atoms with E-state index in [0.717, 1.165) is 12.3 Å². The molecule has 0 spiro atoms. The maximum atomic E-state index is 5.20. The predicted octanol–water partition coefficient (Wildman–Crippen LogP) is 2.69. The Morgan fingerprint density at radius 2 is 1.89 bits per heavy atom. The highest BCUT2D eigenvalue weighted by molar-refractivity contribution is 5.29. The quantitative estimate of drug-likeness (QED) is 0.805. The van der Waals surface area contributed by atoms with Crippen molar-refractivity contribution < 1.29 is 4.74 Å². The fourth-order valence-electron chi connectivity index (χ4n) is 2.31. The van der Waals surface area contributed by atoms with Crippen molar-refractivity contribution in [3.8, 4) is 5.75 Å². The third kappa shape index (κ3) is 3.72. The number of methoxy groups -OCH3 is 1. The molecule has 0 aliphatic rings. The molecule has 0 amide bonds. The zero-order chi connectivity index (χ0) is 13.5. The Labute approximate surface area is 111 Å². The summed E-state index contributed by atoms with van der Waals surface area (Å²) in [7, 11) is 5.90. The van der Waals surface area contributed by atoms with Gasteiger partial charge in [0.2, 0.25) is 0 Å². The molecule has 0 radical (unpaired) electrons. The fraction of sp³-hybridized carbons (Fsp3) is 0.600. The van der Waals surface area contributed by atoms with Crippen molar-refractivity contribution in [1.82, 2.24) is 10.2 Å². The second kappa shape index (κ2) is 7.39. The lowest BCUT2D eigenvalue weighted by molar-refractivity contribution is 0.212. The molecule has 0 bridgehead atoms. The predicted molar refractivity (Wildman–Crippen MR) is 77.2 cm³/mol. The van der Waals surface area contributed by atoms with Crippen LogP contribution in [0.1, 0.15) is 31.9 Å². The van der Waals surface area contributed by atoms with E-state index in [9.17, 15) is 0 Å². The summed E-state index contributed by atoms with van der Waals surface area (Å²) in [5, 5.41) is 3.41. The molecule has 0 fully saturated rings. The lowest BCUT2D eigenvalue weighted by atomic mass is 9.99. The summed E-state index contributed by atoms with van der Waals surface area (Å²) >= 11 is 0. The topological polar surface area (TPSA) is 24.5 Å². The van der Waals surface area contributed by atoms with Gasteiger partial charge in [-0.3, -0.25) is 0 Å². The first-order valence-corrected chi connectivity index (χ1v) is 6.65. The minimum absolute atomic E-state index is 0.340. The van der Waals surface area contributed by atoms with Crippen LogP contribution in [0.25, 0.3) is 0 Å². The van der Waals surface area contributed by atoms with E-state index in [2.05, 4.69) is 43.2 Å². The Kier molecular flexibility index (Phi) is 6.16. The van der Waals surface area contributed by atoms with E-state index >= 15 is 0 Å². The van der Waals surface area contributed by atoms with Crippen LogP contribution in [0.5, 0.6) is 5.75 Å². The van der Waals surface area contributed by atoms with Gasteiger partial charge >= 0.3 is 0 Å². The molecule has 2 unspecified atom stereocenters. The summed E-state index contributed by atoms with van der Waals surface area (Å²) in [6.07, 6.45) is 1.18. The van der Waals surface area contributed by atoms with Crippen molar-refractivity contribution in [2.24, 2.45) is 0 Å². The summed E-state index contributed by atoms with van der Waals surface area (Å²) in [5.74, 6) is 0.906. The molecular formula is C15H26N2O. The van der Waals surface area contributed by atoms with Crippen molar-refractivity contribution in [2.45, 2.75) is 32.4 Å². The normalized spacial score (nSPS) is 14.6. The molecule has 0 aliphatic carbocycles. The van der Waals surface area contributed by atoms with Gasteiger partial charge in [-0.15, -0.1) is 0 Å². The number of hydrogen-bond donors (Lipinski definition) is 1. The zero-order valence-corrected chi connectivity index (χ0v) is 12.2. The first-order valence-electron chi connectivity index (χ1n) is 6.65. The number of nitrogens with one attached hydrogen (secondary N) is 1. The van der Waals surface area contributed by atoms with Gasteiger partial charge in [-0.25, -0.2) is 0 Å². The number of ether oxygens (including phenoxy) is 1. The van der Waals surface area contributed by atoms with Crippen molar-refractivity contribution in [3.63, 3.8) is 0 Å². The third-order valence-corrected chi connectivity index (χ3v) is 3.54. The van der Waals surface area contributed by atoms with Gasteiger partial charge in [0, 0.05) is 12.1 Å². The first kappa shape index (κ1) is 15.0. The van der Waals surface area contributed by atoms with Gasteiger partial charge in [0.15, 0.2) is 0 Å². The monoisotopic (exact) mass is 250 g/mol. The Morgan fingerprint density at radius 3 is 2.33 bits per heavy atom. The molecule has 3 nitrogen and oxygen atoms in total. The molecule has 0 saturated heterocycles. The van der Waals surface area contributed by atoms with Crippen LogP contribution in [0.4, 0.5) is 0 Å². The smallest absolute Gasteiger partial charge is 0.118 e. The summed E-state index contributed by atoms with van der Waals surface area (Å²) in [6, 6.07) is 9.11. The maximum Gasteiger partial charge on any atom is 0.118 e. The van der Waals surface area contributed by atoms with E-state index < -0.39 is 0 Å². The Bertz CT molecular complexity index is 337. The van der Waals surface area contributed by atoms with Gasteiger partial charge in [-0.1, -0.05) is 19.1 Å². The van der Waals surface area contributed by atoms with Crippen molar-refractivity contribution in [2.75, 3.05) is 27.7 Å². The van der Waals surface area contributed by atoms with E-state index in [4.69, 9.17) is 4.74 Å². The molecular weight excluding hydrogens is 224 g/mol. The van der Waals surface area contributed by atoms with E-state index in [1.165, 1.54) is 12.0 Å². The second-order valence-electron chi connectivity index (χ2n) is 4.76. The summed E-state index contributed by atoms with van der Waals surface area (Å²) in [5.41, 5.74) is 1.30. The minimum atomic E-state index is 0.340. The lowest BCUT2D eigenvalue weighted by Gasteiger charge is -2.32.